The van der Waals surface area contributed by atoms with Crippen molar-refractivity contribution in [1.29, 1.82) is 0 Å². The predicted octanol–water partition coefficient (Wildman–Crippen LogP) is 2.78. The predicted molar refractivity (Wildman–Crippen MR) is 75.7 cm³/mol. The maximum atomic E-state index is 12.4. The SMILES string of the molecule is O=C(O)C1CCN(C(=O)CC2CCC2)c2ccccc21. The van der Waals surface area contributed by atoms with Crippen molar-refractivity contribution in [3.05, 3.63) is 29.8 Å². The molecule has 1 amide bonds. The van der Waals surface area contributed by atoms with Gasteiger partial charge in [0.2, 0.25) is 5.91 Å². The Kier molecular flexibility index (Phi) is 3.47. The third-order valence-electron chi connectivity index (χ3n) is 4.53. The summed E-state index contributed by atoms with van der Waals surface area (Å²) in [4.78, 5) is 25.5. The van der Waals surface area contributed by atoms with Crippen LogP contribution in [0, 0.1) is 5.92 Å². The lowest BCUT2D eigenvalue weighted by molar-refractivity contribution is -0.139. The minimum absolute atomic E-state index is 0.144. The highest BCUT2D eigenvalue weighted by molar-refractivity contribution is 5.96. The van der Waals surface area contributed by atoms with Gasteiger partial charge in [0.15, 0.2) is 0 Å². The molecule has 1 fully saturated rings. The van der Waals surface area contributed by atoms with Gasteiger partial charge in [0, 0.05) is 18.7 Å². The molecule has 2 aliphatic rings. The lowest BCUT2D eigenvalue weighted by Crippen LogP contribution is -2.39. The molecule has 1 aliphatic carbocycles. The van der Waals surface area contributed by atoms with Crippen molar-refractivity contribution in [3.8, 4) is 0 Å². The molecule has 0 radical (unpaired) electrons. The molecule has 0 aromatic heterocycles. The Hall–Kier alpha value is -1.84. The fourth-order valence-corrected chi connectivity index (χ4v) is 3.13. The number of carbonyl (C=O) groups excluding carboxylic acids is 1. The average molecular weight is 273 g/mol. The Labute approximate surface area is 118 Å². The van der Waals surface area contributed by atoms with Crippen LogP contribution in [0.4, 0.5) is 5.69 Å². The molecule has 1 aromatic carbocycles. The van der Waals surface area contributed by atoms with E-state index in [0.29, 0.717) is 25.3 Å². The average Bonchev–Trinajstić information content (AvgIpc) is 2.41. The number of rotatable bonds is 3. The minimum atomic E-state index is -0.802. The number of benzene rings is 1. The number of nitrogens with zero attached hydrogens (tertiary/aromatic N) is 1. The first-order valence-corrected chi connectivity index (χ1v) is 7.29. The molecule has 1 saturated carbocycles. The van der Waals surface area contributed by atoms with Crippen LogP contribution in [0.3, 0.4) is 0 Å². The first-order chi connectivity index (χ1) is 9.66. The summed E-state index contributed by atoms with van der Waals surface area (Å²) >= 11 is 0. The highest BCUT2D eigenvalue weighted by atomic mass is 16.4. The van der Waals surface area contributed by atoms with Gasteiger partial charge in [0.05, 0.1) is 5.92 Å². The molecule has 20 heavy (non-hydrogen) atoms. The van der Waals surface area contributed by atoms with Gasteiger partial charge in [-0.2, -0.15) is 0 Å². The van der Waals surface area contributed by atoms with E-state index >= 15 is 0 Å². The van der Waals surface area contributed by atoms with Gasteiger partial charge in [-0.05, 0) is 36.8 Å². The van der Waals surface area contributed by atoms with Crippen molar-refractivity contribution >= 4 is 17.6 Å². The second-order valence-corrected chi connectivity index (χ2v) is 5.78. The number of amides is 1. The standard InChI is InChI=1S/C16H19NO3/c18-15(10-11-4-3-5-11)17-9-8-13(16(19)20)12-6-1-2-7-14(12)17/h1-2,6-7,11,13H,3-5,8-10H2,(H,19,20). The van der Waals surface area contributed by atoms with Gasteiger partial charge in [-0.15, -0.1) is 0 Å². The first kappa shape index (κ1) is 13.2. The van der Waals surface area contributed by atoms with Crippen molar-refractivity contribution in [3.63, 3.8) is 0 Å². The van der Waals surface area contributed by atoms with Crippen LogP contribution in [0.2, 0.25) is 0 Å². The molecule has 3 rings (SSSR count). The van der Waals surface area contributed by atoms with E-state index < -0.39 is 11.9 Å². The van der Waals surface area contributed by atoms with E-state index in [1.807, 2.05) is 24.3 Å². The van der Waals surface area contributed by atoms with Gasteiger partial charge < -0.3 is 10.0 Å². The molecule has 4 heteroatoms. The maximum Gasteiger partial charge on any atom is 0.311 e. The zero-order chi connectivity index (χ0) is 14.1. The second-order valence-electron chi connectivity index (χ2n) is 5.78. The van der Waals surface area contributed by atoms with Crippen LogP contribution in [0.5, 0.6) is 0 Å². The number of carboxylic acid groups (broad SMARTS) is 1. The Morgan fingerprint density at radius 3 is 2.60 bits per heavy atom. The molecule has 1 aromatic rings. The number of para-hydroxylation sites is 1. The number of hydrogen-bond donors (Lipinski definition) is 1. The van der Waals surface area contributed by atoms with Crippen LogP contribution >= 0.6 is 0 Å². The molecule has 1 aliphatic heterocycles. The summed E-state index contributed by atoms with van der Waals surface area (Å²) in [6.45, 7) is 0.513. The van der Waals surface area contributed by atoms with Crippen molar-refractivity contribution < 1.29 is 14.7 Å². The summed E-state index contributed by atoms with van der Waals surface area (Å²) in [5.74, 6) is -0.611. The fourth-order valence-electron chi connectivity index (χ4n) is 3.13. The highest BCUT2D eigenvalue weighted by Gasteiger charge is 2.33. The van der Waals surface area contributed by atoms with Gasteiger partial charge >= 0.3 is 5.97 Å². The molecule has 1 heterocycles. The van der Waals surface area contributed by atoms with Crippen molar-refractivity contribution in [1.82, 2.24) is 0 Å². The van der Waals surface area contributed by atoms with Crippen molar-refractivity contribution in [2.24, 2.45) is 5.92 Å². The molecule has 4 nitrogen and oxygen atoms in total. The summed E-state index contributed by atoms with van der Waals surface area (Å²) in [5, 5.41) is 9.30. The van der Waals surface area contributed by atoms with E-state index in [1.165, 1.54) is 6.42 Å². The van der Waals surface area contributed by atoms with Crippen molar-refractivity contribution in [2.45, 2.75) is 38.0 Å². The van der Waals surface area contributed by atoms with Gasteiger partial charge in [-0.3, -0.25) is 9.59 Å². The zero-order valence-corrected chi connectivity index (χ0v) is 11.4. The third kappa shape index (κ3) is 2.30. The van der Waals surface area contributed by atoms with Gasteiger partial charge in [-0.1, -0.05) is 24.6 Å². The number of carbonyl (C=O) groups is 2. The monoisotopic (exact) mass is 273 g/mol. The summed E-state index contributed by atoms with van der Waals surface area (Å²) in [6, 6.07) is 7.40. The van der Waals surface area contributed by atoms with E-state index in [0.717, 1.165) is 24.1 Å². The molecular weight excluding hydrogens is 254 g/mol. The van der Waals surface area contributed by atoms with Crippen molar-refractivity contribution in [2.75, 3.05) is 11.4 Å². The lowest BCUT2D eigenvalue weighted by atomic mass is 9.82. The van der Waals surface area contributed by atoms with E-state index in [1.54, 1.807) is 4.90 Å². The van der Waals surface area contributed by atoms with Crippen LogP contribution in [0.1, 0.15) is 43.6 Å². The normalized spacial score (nSPS) is 22.0. The summed E-state index contributed by atoms with van der Waals surface area (Å²) in [5.41, 5.74) is 1.56. The zero-order valence-electron chi connectivity index (χ0n) is 11.4. The first-order valence-electron chi connectivity index (χ1n) is 7.29. The summed E-state index contributed by atoms with van der Waals surface area (Å²) in [6.07, 6.45) is 4.64. The Morgan fingerprint density at radius 1 is 1.20 bits per heavy atom. The van der Waals surface area contributed by atoms with Crippen LogP contribution in [0.25, 0.3) is 0 Å². The summed E-state index contributed by atoms with van der Waals surface area (Å²) in [7, 11) is 0. The molecule has 0 bridgehead atoms. The van der Waals surface area contributed by atoms with Crippen LogP contribution in [-0.4, -0.2) is 23.5 Å². The smallest absolute Gasteiger partial charge is 0.311 e. The number of carboxylic acids is 1. The lowest BCUT2D eigenvalue weighted by Gasteiger charge is -2.34. The van der Waals surface area contributed by atoms with Gasteiger partial charge in [-0.25, -0.2) is 0 Å². The van der Waals surface area contributed by atoms with E-state index in [4.69, 9.17) is 0 Å². The second kappa shape index (κ2) is 5.27. The topological polar surface area (TPSA) is 57.6 Å². The maximum absolute atomic E-state index is 12.4. The summed E-state index contributed by atoms with van der Waals surface area (Å²) < 4.78 is 0. The molecule has 1 unspecified atom stereocenters. The van der Waals surface area contributed by atoms with E-state index in [-0.39, 0.29) is 5.91 Å². The van der Waals surface area contributed by atoms with Crippen LogP contribution in [-0.2, 0) is 9.59 Å². The van der Waals surface area contributed by atoms with Crippen LogP contribution in [0.15, 0.2) is 24.3 Å². The Morgan fingerprint density at radius 2 is 1.95 bits per heavy atom. The number of hydrogen-bond acceptors (Lipinski definition) is 2. The molecule has 0 spiro atoms. The number of anilines is 1. The number of fused-ring (bicyclic) bond motifs is 1. The minimum Gasteiger partial charge on any atom is -0.481 e. The largest absolute Gasteiger partial charge is 0.481 e. The van der Waals surface area contributed by atoms with Crippen LogP contribution < -0.4 is 4.90 Å². The van der Waals surface area contributed by atoms with E-state index in [9.17, 15) is 14.7 Å². The Balaban J connectivity index is 1.84. The molecule has 1 N–H and O–H groups in total. The molecule has 1 atom stereocenters. The highest BCUT2D eigenvalue weighted by Crippen LogP contribution is 2.37. The Bertz CT molecular complexity index is 536. The molecule has 106 valence electrons. The quantitative estimate of drug-likeness (QED) is 0.921. The van der Waals surface area contributed by atoms with Gasteiger partial charge in [0.25, 0.3) is 0 Å². The third-order valence-corrected chi connectivity index (χ3v) is 4.53. The van der Waals surface area contributed by atoms with Gasteiger partial charge in [0.1, 0.15) is 0 Å². The molecular formula is C16H19NO3. The fraction of sp³-hybridized carbons (Fsp3) is 0.500. The molecule has 0 saturated heterocycles. The number of aliphatic carboxylic acids is 1. The van der Waals surface area contributed by atoms with E-state index in [2.05, 4.69) is 0 Å².